The molecule has 98 valence electrons. The van der Waals surface area contributed by atoms with Crippen LogP contribution in [0.25, 0.3) is 0 Å². The summed E-state index contributed by atoms with van der Waals surface area (Å²) < 4.78 is 5.74. The molecule has 1 heterocycles. The van der Waals surface area contributed by atoms with E-state index in [1.807, 2.05) is 0 Å². The first kappa shape index (κ1) is 13.2. The van der Waals surface area contributed by atoms with Gasteiger partial charge < -0.3 is 15.2 Å². The molecule has 2 N–H and O–H groups in total. The van der Waals surface area contributed by atoms with Crippen LogP contribution in [-0.2, 0) is 4.79 Å². The number of aliphatic hydroxyl groups excluding tert-OH is 1. The van der Waals surface area contributed by atoms with Crippen molar-refractivity contribution in [2.75, 3.05) is 0 Å². The smallest absolute Gasteiger partial charge is 0.217 e. The Labute approximate surface area is 111 Å². The van der Waals surface area contributed by atoms with E-state index in [-0.39, 0.29) is 5.91 Å². The average Bonchev–Trinajstić information content (AvgIpc) is 2.25. The van der Waals surface area contributed by atoms with E-state index in [2.05, 4.69) is 5.32 Å². The fourth-order valence-electron chi connectivity index (χ4n) is 2.15. The number of fused-ring (bicyclic) bond motifs is 1. The summed E-state index contributed by atoms with van der Waals surface area (Å²) in [6, 6.07) is 4.66. The lowest BCUT2D eigenvalue weighted by molar-refractivity contribution is -0.123. The predicted molar refractivity (Wildman–Crippen MR) is 68.7 cm³/mol. The van der Waals surface area contributed by atoms with Crippen molar-refractivity contribution in [2.24, 2.45) is 0 Å². The van der Waals surface area contributed by atoms with Gasteiger partial charge in [-0.2, -0.15) is 0 Å². The molecule has 1 aromatic rings. The van der Waals surface area contributed by atoms with Gasteiger partial charge in [-0.3, -0.25) is 4.79 Å². The Morgan fingerprint density at radius 1 is 1.50 bits per heavy atom. The summed E-state index contributed by atoms with van der Waals surface area (Å²) in [5.74, 6) is 0.427. The second-order valence-corrected chi connectivity index (χ2v) is 5.45. The van der Waals surface area contributed by atoms with Crippen molar-refractivity contribution in [1.29, 1.82) is 0 Å². The molecule has 1 aliphatic heterocycles. The number of hydrogen-bond acceptors (Lipinski definition) is 3. The maximum Gasteiger partial charge on any atom is 0.217 e. The molecule has 2 atom stereocenters. The minimum atomic E-state index is -0.840. The van der Waals surface area contributed by atoms with Gasteiger partial charge in [-0.25, -0.2) is 0 Å². The quantitative estimate of drug-likeness (QED) is 0.820. The fourth-order valence-corrected chi connectivity index (χ4v) is 2.33. The number of benzene rings is 1. The van der Waals surface area contributed by atoms with Crippen LogP contribution in [0.5, 0.6) is 5.75 Å². The minimum Gasteiger partial charge on any atom is -0.485 e. The number of carbonyl (C=O) groups excluding carboxylic acids is 1. The molecule has 0 unspecified atom stereocenters. The predicted octanol–water partition coefficient (Wildman–Crippen LogP) is 2.05. The van der Waals surface area contributed by atoms with Gasteiger partial charge in [0.05, 0.1) is 6.04 Å². The third kappa shape index (κ3) is 2.31. The van der Waals surface area contributed by atoms with Crippen LogP contribution >= 0.6 is 11.6 Å². The normalized spacial score (nSPS) is 24.9. The van der Waals surface area contributed by atoms with Crippen molar-refractivity contribution >= 4 is 17.5 Å². The van der Waals surface area contributed by atoms with Crippen molar-refractivity contribution in [3.63, 3.8) is 0 Å². The second-order valence-electron chi connectivity index (χ2n) is 5.01. The Morgan fingerprint density at radius 2 is 2.17 bits per heavy atom. The number of halogens is 1. The van der Waals surface area contributed by atoms with Gasteiger partial charge in [-0.05, 0) is 32.0 Å². The highest BCUT2D eigenvalue weighted by Crippen LogP contribution is 2.40. The molecule has 1 amide bonds. The largest absolute Gasteiger partial charge is 0.485 e. The summed E-state index contributed by atoms with van der Waals surface area (Å²) in [7, 11) is 0. The van der Waals surface area contributed by atoms with Gasteiger partial charge in [0.15, 0.2) is 0 Å². The molecule has 0 fully saturated rings. The maximum atomic E-state index is 11.3. The summed E-state index contributed by atoms with van der Waals surface area (Å²) in [4.78, 5) is 11.3. The van der Waals surface area contributed by atoms with Gasteiger partial charge in [0.2, 0.25) is 5.91 Å². The number of aliphatic hydroxyl groups is 1. The molecule has 5 heteroatoms. The van der Waals surface area contributed by atoms with E-state index in [0.717, 1.165) is 0 Å². The van der Waals surface area contributed by atoms with E-state index >= 15 is 0 Å². The third-order valence-electron chi connectivity index (χ3n) is 3.07. The van der Waals surface area contributed by atoms with Gasteiger partial charge in [0.25, 0.3) is 0 Å². The van der Waals surface area contributed by atoms with Gasteiger partial charge in [0, 0.05) is 17.5 Å². The summed E-state index contributed by atoms with van der Waals surface area (Å²) in [5, 5.41) is 13.6. The molecule has 0 saturated carbocycles. The highest BCUT2D eigenvalue weighted by molar-refractivity contribution is 6.30. The standard InChI is InChI=1S/C13H16ClNO3/c1-7(16)15-11-9-6-8(14)4-5-10(9)18-13(2,3)12(11)17/h4-6,11-12,17H,1-3H3,(H,15,16)/t11-,12+/m0/s1. The summed E-state index contributed by atoms with van der Waals surface area (Å²) in [5.41, 5.74) is -0.0713. The molecule has 2 rings (SSSR count). The van der Waals surface area contributed by atoms with Crippen molar-refractivity contribution in [3.05, 3.63) is 28.8 Å². The van der Waals surface area contributed by atoms with E-state index in [1.165, 1.54) is 6.92 Å². The van der Waals surface area contributed by atoms with E-state index in [0.29, 0.717) is 16.3 Å². The fraction of sp³-hybridized carbons (Fsp3) is 0.462. The van der Waals surface area contributed by atoms with Gasteiger partial charge in [-0.15, -0.1) is 0 Å². The summed E-state index contributed by atoms with van der Waals surface area (Å²) in [6.45, 7) is 4.98. The van der Waals surface area contributed by atoms with E-state index in [4.69, 9.17) is 16.3 Å². The van der Waals surface area contributed by atoms with E-state index in [9.17, 15) is 9.90 Å². The molecule has 4 nitrogen and oxygen atoms in total. The highest BCUT2D eigenvalue weighted by Gasteiger charge is 2.43. The minimum absolute atomic E-state index is 0.206. The zero-order chi connectivity index (χ0) is 13.5. The molecule has 0 aromatic heterocycles. The van der Waals surface area contributed by atoms with Crippen LogP contribution in [0.3, 0.4) is 0 Å². The topological polar surface area (TPSA) is 58.6 Å². The lowest BCUT2D eigenvalue weighted by atomic mass is 9.86. The lowest BCUT2D eigenvalue weighted by Crippen LogP contribution is -2.53. The molecule has 1 aliphatic rings. The molecule has 0 saturated heterocycles. The average molecular weight is 270 g/mol. The molecular weight excluding hydrogens is 254 g/mol. The first-order valence-electron chi connectivity index (χ1n) is 5.75. The monoisotopic (exact) mass is 269 g/mol. The Morgan fingerprint density at radius 3 is 2.78 bits per heavy atom. The van der Waals surface area contributed by atoms with Gasteiger partial charge in [0.1, 0.15) is 17.5 Å². The summed E-state index contributed by atoms with van der Waals surface area (Å²) in [6.07, 6.45) is -0.840. The first-order valence-corrected chi connectivity index (χ1v) is 6.12. The Balaban J connectivity index is 2.49. The van der Waals surface area contributed by atoms with Crippen molar-refractivity contribution in [3.8, 4) is 5.75 Å². The summed E-state index contributed by atoms with van der Waals surface area (Å²) >= 11 is 5.95. The zero-order valence-corrected chi connectivity index (χ0v) is 11.3. The van der Waals surface area contributed by atoms with Crippen LogP contribution in [0.15, 0.2) is 18.2 Å². The van der Waals surface area contributed by atoms with Crippen LogP contribution in [0.4, 0.5) is 0 Å². The molecule has 18 heavy (non-hydrogen) atoms. The van der Waals surface area contributed by atoms with Crippen LogP contribution in [0.2, 0.25) is 5.02 Å². The number of ether oxygens (including phenoxy) is 1. The molecule has 0 bridgehead atoms. The maximum absolute atomic E-state index is 11.3. The van der Waals surface area contributed by atoms with Crippen LogP contribution in [0.1, 0.15) is 32.4 Å². The highest BCUT2D eigenvalue weighted by atomic mass is 35.5. The molecular formula is C13H16ClNO3. The second kappa shape index (κ2) is 4.44. The van der Waals surface area contributed by atoms with Crippen molar-refractivity contribution < 1.29 is 14.6 Å². The molecule has 1 aromatic carbocycles. The van der Waals surface area contributed by atoms with Gasteiger partial charge in [-0.1, -0.05) is 11.6 Å². The van der Waals surface area contributed by atoms with Crippen LogP contribution in [-0.4, -0.2) is 22.7 Å². The van der Waals surface area contributed by atoms with E-state index in [1.54, 1.807) is 32.0 Å². The first-order chi connectivity index (χ1) is 8.31. The molecule has 0 aliphatic carbocycles. The number of rotatable bonds is 1. The van der Waals surface area contributed by atoms with Crippen molar-refractivity contribution in [1.82, 2.24) is 5.32 Å². The lowest BCUT2D eigenvalue weighted by Gasteiger charge is -2.42. The van der Waals surface area contributed by atoms with E-state index < -0.39 is 17.7 Å². The number of carbonyl (C=O) groups is 1. The van der Waals surface area contributed by atoms with Crippen molar-refractivity contribution in [2.45, 2.75) is 38.5 Å². The van der Waals surface area contributed by atoms with Crippen LogP contribution < -0.4 is 10.1 Å². The third-order valence-corrected chi connectivity index (χ3v) is 3.30. The number of amides is 1. The molecule has 0 radical (unpaired) electrons. The van der Waals surface area contributed by atoms with Gasteiger partial charge >= 0.3 is 0 Å². The molecule has 0 spiro atoms. The Kier molecular flexibility index (Phi) is 3.25. The number of nitrogens with one attached hydrogen (secondary N) is 1. The van der Waals surface area contributed by atoms with Crippen LogP contribution in [0, 0.1) is 0 Å². The SMILES string of the molecule is CC(=O)N[C@H]1c2cc(Cl)ccc2OC(C)(C)[C@@H]1O. The Bertz CT molecular complexity index is 487. The Hall–Kier alpha value is -1.26. The zero-order valence-electron chi connectivity index (χ0n) is 10.5. The number of hydrogen-bond donors (Lipinski definition) is 2.